The third-order valence-electron chi connectivity index (χ3n) is 3.33. The molecule has 2 aromatic heterocycles. The normalized spacial score (nSPS) is 10.9. The number of carbonyl (C=O) groups is 1. The second kappa shape index (κ2) is 5.61. The van der Waals surface area contributed by atoms with Gasteiger partial charge in [0.15, 0.2) is 5.69 Å². The van der Waals surface area contributed by atoms with Crippen LogP contribution in [-0.4, -0.2) is 20.5 Å². The maximum absolute atomic E-state index is 11.5. The number of imidazole rings is 1. The van der Waals surface area contributed by atoms with Crippen LogP contribution < -0.4 is 0 Å². The molecule has 0 aliphatic heterocycles. The molecule has 0 radical (unpaired) electrons. The van der Waals surface area contributed by atoms with Crippen molar-refractivity contribution in [2.24, 2.45) is 0 Å². The van der Waals surface area contributed by atoms with Crippen molar-refractivity contribution in [3.05, 3.63) is 65.5 Å². The highest BCUT2D eigenvalue weighted by Crippen LogP contribution is 2.27. The third kappa shape index (κ3) is 2.64. The lowest BCUT2D eigenvalue weighted by molar-refractivity contribution is 0.0685. The summed E-state index contributed by atoms with van der Waals surface area (Å²) in [6.07, 6.45) is 1.73. The number of pyridine rings is 1. The van der Waals surface area contributed by atoms with E-state index in [2.05, 4.69) is 24.0 Å². The number of rotatable bonds is 4. The number of aromatic carboxylic acids is 1. The number of fused-ring (bicyclic) bond motifs is 1. The zero-order valence-electron chi connectivity index (χ0n) is 11.5. The molecule has 0 bridgehead atoms. The lowest BCUT2D eigenvalue weighted by Gasteiger charge is -2.04. The molecule has 0 saturated carbocycles. The first-order chi connectivity index (χ1) is 10.2. The maximum Gasteiger partial charge on any atom is 0.355 e. The van der Waals surface area contributed by atoms with Gasteiger partial charge in [0.2, 0.25) is 0 Å². The van der Waals surface area contributed by atoms with Crippen LogP contribution in [0.5, 0.6) is 0 Å². The van der Waals surface area contributed by atoms with Crippen molar-refractivity contribution in [1.29, 1.82) is 0 Å². The smallest absolute Gasteiger partial charge is 0.355 e. The summed E-state index contributed by atoms with van der Waals surface area (Å²) in [5.74, 6) is -0.252. The fraction of sp³-hybridized carbons (Fsp3) is 0.125. The number of thioether (sulfide) groups is 1. The van der Waals surface area contributed by atoms with Crippen LogP contribution in [0.2, 0.25) is 0 Å². The van der Waals surface area contributed by atoms with E-state index in [9.17, 15) is 9.90 Å². The molecule has 0 fully saturated rings. The first kappa shape index (κ1) is 13.7. The monoisotopic (exact) mass is 298 g/mol. The Morgan fingerprint density at radius 1 is 1.24 bits per heavy atom. The van der Waals surface area contributed by atoms with Crippen molar-refractivity contribution in [2.45, 2.75) is 17.7 Å². The Hall–Kier alpha value is -2.27. The highest BCUT2D eigenvalue weighted by Gasteiger charge is 2.18. The van der Waals surface area contributed by atoms with E-state index < -0.39 is 5.97 Å². The summed E-state index contributed by atoms with van der Waals surface area (Å²) >= 11 is 1.46. The van der Waals surface area contributed by atoms with Crippen LogP contribution >= 0.6 is 11.8 Å². The fourth-order valence-corrected chi connectivity index (χ4v) is 3.28. The lowest BCUT2D eigenvalue weighted by atomic mass is 10.1. The minimum atomic E-state index is -0.957. The molecule has 1 aromatic carbocycles. The van der Waals surface area contributed by atoms with Gasteiger partial charge in [-0.05, 0) is 30.2 Å². The average Bonchev–Trinajstić information content (AvgIpc) is 2.85. The number of aromatic nitrogens is 2. The summed E-state index contributed by atoms with van der Waals surface area (Å²) in [5.41, 5.74) is 3.27. The third-order valence-corrected chi connectivity index (χ3v) is 4.34. The van der Waals surface area contributed by atoms with Crippen LogP contribution in [0.15, 0.2) is 53.7 Å². The minimum Gasteiger partial charge on any atom is -0.476 e. The molecule has 0 unspecified atom stereocenters. The number of aryl methyl sites for hydroxylation is 1. The van der Waals surface area contributed by atoms with Gasteiger partial charge < -0.3 is 5.11 Å². The van der Waals surface area contributed by atoms with Gasteiger partial charge in [-0.3, -0.25) is 4.40 Å². The van der Waals surface area contributed by atoms with Gasteiger partial charge in [0, 0.05) is 11.9 Å². The standard InChI is InChI=1S/C16H14N2O2S/c1-11-6-2-3-7-12(11)10-21-15-14(16(19)20)18-9-5-4-8-13(18)17-15/h2-9H,10H2,1H3,(H,19,20). The molecule has 2 heterocycles. The number of carboxylic acids is 1. The van der Waals surface area contributed by atoms with Gasteiger partial charge in [0.05, 0.1) is 0 Å². The Morgan fingerprint density at radius 2 is 2.00 bits per heavy atom. The summed E-state index contributed by atoms with van der Waals surface area (Å²) < 4.78 is 1.61. The van der Waals surface area contributed by atoms with Gasteiger partial charge >= 0.3 is 5.97 Å². The van der Waals surface area contributed by atoms with Crippen molar-refractivity contribution in [3.8, 4) is 0 Å². The van der Waals surface area contributed by atoms with Crippen molar-refractivity contribution in [3.63, 3.8) is 0 Å². The Morgan fingerprint density at radius 3 is 2.76 bits per heavy atom. The van der Waals surface area contributed by atoms with Crippen LogP contribution in [0.1, 0.15) is 21.6 Å². The van der Waals surface area contributed by atoms with Crippen molar-refractivity contribution >= 4 is 23.4 Å². The van der Waals surface area contributed by atoms with Gasteiger partial charge in [0.1, 0.15) is 10.7 Å². The van der Waals surface area contributed by atoms with E-state index in [1.807, 2.05) is 24.3 Å². The van der Waals surface area contributed by atoms with Crippen LogP contribution in [-0.2, 0) is 5.75 Å². The summed E-state index contributed by atoms with van der Waals surface area (Å²) in [4.78, 5) is 15.9. The quantitative estimate of drug-likeness (QED) is 0.747. The van der Waals surface area contributed by atoms with Gasteiger partial charge in [-0.25, -0.2) is 9.78 Å². The van der Waals surface area contributed by atoms with Crippen molar-refractivity contribution < 1.29 is 9.90 Å². The first-order valence-corrected chi connectivity index (χ1v) is 7.53. The van der Waals surface area contributed by atoms with Crippen LogP contribution in [0.25, 0.3) is 5.65 Å². The lowest BCUT2D eigenvalue weighted by Crippen LogP contribution is -2.03. The van der Waals surface area contributed by atoms with E-state index in [1.165, 1.54) is 22.9 Å². The molecule has 21 heavy (non-hydrogen) atoms. The number of carboxylic acid groups (broad SMARTS) is 1. The minimum absolute atomic E-state index is 0.226. The zero-order valence-corrected chi connectivity index (χ0v) is 12.3. The molecular formula is C16H14N2O2S. The van der Waals surface area contributed by atoms with Gasteiger partial charge in [-0.2, -0.15) is 0 Å². The molecule has 0 aliphatic rings. The van der Waals surface area contributed by atoms with E-state index >= 15 is 0 Å². The maximum atomic E-state index is 11.5. The molecule has 0 atom stereocenters. The summed E-state index contributed by atoms with van der Waals surface area (Å²) in [6.45, 7) is 2.05. The van der Waals surface area contributed by atoms with E-state index in [1.54, 1.807) is 16.7 Å². The Labute approximate surface area is 126 Å². The molecule has 3 aromatic rings. The van der Waals surface area contributed by atoms with Gasteiger partial charge in [-0.15, -0.1) is 0 Å². The van der Waals surface area contributed by atoms with E-state index in [0.717, 1.165) is 0 Å². The summed E-state index contributed by atoms with van der Waals surface area (Å²) in [5, 5.41) is 9.98. The van der Waals surface area contributed by atoms with Gasteiger partial charge in [0.25, 0.3) is 0 Å². The molecular weight excluding hydrogens is 284 g/mol. The second-order valence-corrected chi connectivity index (χ2v) is 5.68. The zero-order chi connectivity index (χ0) is 14.8. The van der Waals surface area contributed by atoms with Crippen LogP contribution in [0.4, 0.5) is 0 Å². The largest absolute Gasteiger partial charge is 0.476 e. The second-order valence-electron chi connectivity index (χ2n) is 4.71. The molecule has 0 amide bonds. The van der Waals surface area contributed by atoms with E-state index in [4.69, 9.17) is 0 Å². The highest BCUT2D eigenvalue weighted by molar-refractivity contribution is 7.98. The van der Waals surface area contributed by atoms with E-state index in [-0.39, 0.29) is 5.69 Å². The first-order valence-electron chi connectivity index (χ1n) is 6.54. The number of hydrogen-bond acceptors (Lipinski definition) is 3. The molecule has 0 saturated heterocycles. The van der Waals surface area contributed by atoms with E-state index in [0.29, 0.717) is 16.4 Å². The highest BCUT2D eigenvalue weighted by atomic mass is 32.2. The predicted octanol–water partition coefficient (Wildman–Crippen LogP) is 3.63. The average molecular weight is 298 g/mol. The molecule has 3 rings (SSSR count). The van der Waals surface area contributed by atoms with Crippen LogP contribution in [0.3, 0.4) is 0 Å². The molecule has 1 N–H and O–H groups in total. The molecule has 4 nitrogen and oxygen atoms in total. The van der Waals surface area contributed by atoms with Crippen LogP contribution in [0, 0.1) is 6.92 Å². The molecule has 0 aliphatic carbocycles. The number of hydrogen-bond donors (Lipinski definition) is 1. The van der Waals surface area contributed by atoms with Crippen molar-refractivity contribution in [1.82, 2.24) is 9.38 Å². The molecule has 0 spiro atoms. The SMILES string of the molecule is Cc1ccccc1CSc1nc2ccccn2c1C(=O)O. The predicted molar refractivity (Wildman–Crippen MR) is 82.9 cm³/mol. The number of benzene rings is 1. The van der Waals surface area contributed by atoms with Gasteiger partial charge in [-0.1, -0.05) is 42.1 Å². The summed E-state index contributed by atoms with van der Waals surface area (Å²) in [6, 6.07) is 13.6. The fourth-order valence-electron chi connectivity index (χ4n) is 2.19. The molecule has 106 valence electrons. The molecule has 5 heteroatoms. The van der Waals surface area contributed by atoms with Crippen molar-refractivity contribution in [2.75, 3.05) is 0 Å². The Balaban J connectivity index is 1.95. The number of nitrogens with zero attached hydrogens (tertiary/aromatic N) is 2. The Bertz CT molecular complexity index is 811. The Kier molecular flexibility index (Phi) is 3.66. The topological polar surface area (TPSA) is 54.6 Å². The summed E-state index contributed by atoms with van der Waals surface area (Å²) in [7, 11) is 0.